The van der Waals surface area contributed by atoms with Crippen LogP contribution >= 0.6 is 0 Å². The molecule has 0 N–H and O–H groups in total. The van der Waals surface area contributed by atoms with E-state index in [1.807, 2.05) is 19.2 Å². The van der Waals surface area contributed by atoms with E-state index in [1.165, 1.54) is 0 Å². The number of ether oxygens (including phenoxy) is 1. The van der Waals surface area contributed by atoms with Crippen LogP contribution in [0.3, 0.4) is 0 Å². The van der Waals surface area contributed by atoms with Crippen LogP contribution in [0.4, 0.5) is 5.82 Å². The normalized spacial score (nSPS) is 18.0. The first-order valence-corrected chi connectivity index (χ1v) is 7.65. The van der Waals surface area contributed by atoms with Crippen molar-refractivity contribution in [1.29, 1.82) is 0 Å². The molecule has 0 aliphatic carbocycles. The Bertz CT molecular complexity index is 629. The summed E-state index contributed by atoms with van der Waals surface area (Å²) >= 11 is 0. The summed E-state index contributed by atoms with van der Waals surface area (Å²) in [4.78, 5) is 19.6. The first-order chi connectivity index (χ1) is 10.6. The van der Waals surface area contributed by atoms with Crippen molar-refractivity contribution in [1.82, 2.24) is 19.9 Å². The molecule has 3 heterocycles. The zero-order chi connectivity index (χ0) is 15.5. The Morgan fingerprint density at radius 3 is 2.73 bits per heavy atom. The maximum atomic E-state index is 5.85. The third kappa shape index (κ3) is 3.32. The zero-order valence-corrected chi connectivity index (χ0v) is 13.2. The van der Waals surface area contributed by atoms with Gasteiger partial charge in [0.25, 0.3) is 0 Å². The Balaban J connectivity index is 1.64. The predicted octanol–water partition coefficient (Wildman–Crippen LogP) is 2.36. The van der Waals surface area contributed by atoms with Crippen LogP contribution in [0.1, 0.15) is 37.6 Å². The van der Waals surface area contributed by atoms with Gasteiger partial charge in [0.2, 0.25) is 0 Å². The summed E-state index contributed by atoms with van der Waals surface area (Å²) in [7, 11) is 0. The van der Waals surface area contributed by atoms with E-state index in [0.717, 1.165) is 36.7 Å². The van der Waals surface area contributed by atoms with Crippen molar-refractivity contribution in [3.05, 3.63) is 36.0 Å². The lowest BCUT2D eigenvalue weighted by atomic mass is 10.2. The minimum absolute atomic E-state index is 0.0974. The van der Waals surface area contributed by atoms with E-state index in [1.54, 1.807) is 12.4 Å². The summed E-state index contributed by atoms with van der Waals surface area (Å²) in [6, 6.07) is 2.40. The van der Waals surface area contributed by atoms with Gasteiger partial charge in [0, 0.05) is 37.5 Å². The van der Waals surface area contributed by atoms with Crippen molar-refractivity contribution in [3.8, 4) is 6.01 Å². The maximum Gasteiger partial charge on any atom is 0.316 e. The number of hydrogen-bond acceptors (Lipinski definition) is 6. The van der Waals surface area contributed by atoms with Crippen molar-refractivity contribution < 1.29 is 4.74 Å². The fourth-order valence-electron chi connectivity index (χ4n) is 2.44. The highest BCUT2D eigenvalue weighted by atomic mass is 16.5. The molecular formula is C16H21N5O. The standard InChI is InChI=1S/C16H21N5O/c1-11(2)15-17-6-4-14(20-15)21-7-5-13(10-21)22-16-18-8-12(3)9-19-16/h4,6,8-9,11,13H,5,7,10H2,1-3H3. The lowest BCUT2D eigenvalue weighted by molar-refractivity contribution is 0.206. The molecule has 0 spiro atoms. The highest BCUT2D eigenvalue weighted by Crippen LogP contribution is 2.21. The second-order valence-corrected chi connectivity index (χ2v) is 5.95. The molecule has 1 aliphatic heterocycles. The number of aromatic nitrogens is 4. The Kier molecular flexibility index (Phi) is 4.18. The summed E-state index contributed by atoms with van der Waals surface area (Å²) in [6.07, 6.45) is 6.41. The van der Waals surface area contributed by atoms with Gasteiger partial charge < -0.3 is 9.64 Å². The average Bonchev–Trinajstić information content (AvgIpc) is 2.98. The molecule has 1 fully saturated rings. The molecule has 0 bridgehead atoms. The van der Waals surface area contributed by atoms with Crippen LogP contribution in [-0.2, 0) is 0 Å². The predicted molar refractivity (Wildman–Crippen MR) is 84.1 cm³/mol. The number of nitrogens with zero attached hydrogens (tertiary/aromatic N) is 5. The third-order valence-electron chi connectivity index (χ3n) is 3.67. The molecule has 2 aromatic rings. The molecule has 3 rings (SSSR count). The Labute approximate surface area is 130 Å². The van der Waals surface area contributed by atoms with E-state index in [9.17, 15) is 0 Å². The van der Waals surface area contributed by atoms with Crippen molar-refractivity contribution in [2.75, 3.05) is 18.0 Å². The Hall–Kier alpha value is -2.24. The molecule has 2 aromatic heterocycles. The number of hydrogen-bond donors (Lipinski definition) is 0. The topological polar surface area (TPSA) is 64.0 Å². The minimum atomic E-state index is 0.0974. The van der Waals surface area contributed by atoms with Crippen LogP contribution in [0.2, 0.25) is 0 Å². The van der Waals surface area contributed by atoms with Crippen molar-refractivity contribution in [2.24, 2.45) is 0 Å². The summed E-state index contributed by atoms with van der Waals surface area (Å²) in [5, 5.41) is 0. The Morgan fingerprint density at radius 1 is 1.23 bits per heavy atom. The molecule has 1 aliphatic rings. The van der Waals surface area contributed by atoms with Gasteiger partial charge >= 0.3 is 6.01 Å². The molecule has 0 saturated carbocycles. The monoisotopic (exact) mass is 299 g/mol. The number of aryl methyl sites for hydroxylation is 1. The van der Waals surface area contributed by atoms with Crippen molar-refractivity contribution in [2.45, 2.75) is 39.2 Å². The highest BCUT2D eigenvalue weighted by Gasteiger charge is 2.26. The third-order valence-corrected chi connectivity index (χ3v) is 3.67. The molecule has 22 heavy (non-hydrogen) atoms. The van der Waals surface area contributed by atoms with Crippen LogP contribution in [0.5, 0.6) is 6.01 Å². The van der Waals surface area contributed by atoms with Gasteiger partial charge in [-0.2, -0.15) is 0 Å². The second-order valence-electron chi connectivity index (χ2n) is 5.95. The molecule has 0 amide bonds. The van der Waals surface area contributed by atoms with Crippen LogP contribution in [0, 0.1) is 6.92 Å². The molecule has 6 heteroatoms. The molecule has 1 unspecified atom stereocenters. The largest absolute Gasteiger partial charge is 0.458 e. The summed E-state index contributed by atoms with van der Waals surface area (Å²) < 4.78 is 5.85. The van der Waals surface area contributed by atoms with Gasteiger partial charge in [0.05, 0.1) is 6.54 Å². The van der Waals surface area contributed by atoms with Gasteiger partial charge in [-0.25, -0.2) is 19.9 Å². The number of anilines is 1. The lowest BCUT2D eigenvalue weighted by Gasteiger charge is -2.18. The van der Waals surface area contributed by atoms with E-state index in [4.69, 9.17) is 4.74 Å². The van der Waals surface area contributed by atoms with Crippen molar-refractivity contribution in [3.63, 3.8) is 0 Å². The van der Waals surface area contributed by atoms with E-state index in [-0.39, 0.29) is 6.10 Å². The maximum absolute atomic E-state index is 5.85. The molecule has 1 saturated heterocycles. The van der Waals surface area contributed by atoms with Crippen LogP contribution < -0.4 is 9.64 Å². The van der Waals surface area contributed by atoms with Crippen LogP contribution in [-0.4, -0.2) is 39.1 Å². The van der Waals surface area contributed by atoms with Gasteiger partial charge in [-0.05, 0) is 18.6 Å². The Morgan fingerprint density at radius 2 is 2.00 bits per heavy atom. The lowest BCUT2D eigenvalue weighted by Crippen LogP contribution is -2.26. The first-order valence-electron chi connectivity index (χ1n) is 7.65. The molecule has 1 atom stereocenters. The van der Waals surface area contributed by atoms with E-state index >= 15 is 0 Å². The fraction of sp³-hybridized carbons (Fsp3) is 0.500. The van der Waals surface area contributed by atoms with Crippen molar-refractivity contribution >= 4 is 5.82 Å². The molecule has 116 valence electrons. The molecule has 0 radical (unpaired) electrons. The van der Waals surface area contributed by atoms with E-state index in [0.29, 0.717) is 11.9 Å². The number of rotatable bonds is 4. The smallest absolute Gasteiger partial charge is 0.316 e. The van der Waals surface area contributed by atoms with Crippen LogP contribution in [0.25, 0.3) is 0 Å². The summed E-state index contributed by atoms with van der Waals surface area (Å²) in [5.41, 5.74) is 1.03. The molecule has 0 aromatic carbocycles. The van der Waals surface area contributed by atoms with Crippen LogP contribution in [0.15, 0.2) is 24.7 Å². The minimum Gasteiger partial charge on any atom is -0.458 e. The van der Waals surface area contributed by atoms with E-state index in [2.05, 4.69) is 38.7 Å². The van der Waals surface area contributed by atoms with Gasteiger partial charge in [-0.1, -0.05) is 13.8 Å². The van der Waals surface area contributed by atoms with E-state index < -0.39 is 0 Å². The quantitative estimate of drug-likeness (QED) is 0.863. The molecular weight excluding hydrogens is 278 g/mol. The van der Waals surface area contributed by atoms with Gasteiger partial charge in [-0.15, -0.1) is 0 Å². The highest BCUT2D eigenvalue weighted by molar-refractivity contribution is 5.39. The fourth-order valence-corrected chi connectivity index (χ4v) is 2.44. The summed E-state index contributed by atoms with van der Waals surface area (Å²) in [6.45, 7) is 7.88. The first kappa shape index (κ1) is 14.7. The van der Waals surface area contributed by atoms with Gasteiger partial charge in [0.1, 0.15) is 17.7 Å². The zero-order valence-electron chi connectivity index (χ0n) is 13.2. The SMILES string of the molecule is Cc1cnc(OC2CCN(c3ccnc(C(C)C)n3)C2)nc1. The summed E-state index contributed by atoms with van der Waals surface area (Å²) in [5.74, 6) is 2.17. The van der Waals surface area contributed by atoms with Gasteiger partial charge in [-0.3, -0.25) is 0 Å². The molecule has 6 nitrogen and oxygen atoms in total. The average molecular weight is 299 g/mol. The second kappa shape index (κ2) is 6.25. The van der Waals surface area contributed by atoms with Gasteiger partial charge in [0.15, 0.2) is 0 Å².